The minimum atomic E-state index is 0. The Kier molecular flexibility index (Phi) is 8.82. The molecular formula is C11H20Cl2N4O2. The van der Waals surface area contributed by atoms with Gasteiger partial charge in [0, 0.05) is 13.1 Å². The molecule has 0 atom stereocenters. The third-order valence-corrected chi connectivity index (χ3v) is 2.61. The molecular weight excluding hydrogens is 291 g/mol. The highest BCUT2D eigenvalue weighted by molar-refractivity contribution is 5.85. The van der Waals surface area contributed by atoms with E-state index in [1.807, 2.05) is 26.2 Å². The van der Waals surface area contributed by atoms with E-state index in [-0.39, 0.29) is 24.8 Å². The van der Waals surface area contributed by atoms with Crippen molar-refractivity contribution >= 4 is 24.8 Å². The van der Waals surface area contributed by atoms with Gasteiger partial charge in [-0.1, -0.05) is 0 Å². The lowest BCUT2D eigenvalue weighted by atomic mass is 10.1. The van der Waals surface area contributed by atoms with E-state index in [4.69, 9.17) is 9.47 Å². The smallest absolute Gasteiger partial charge is 0.231 e. The van der Waals surface area contributed by atoms with Crippen LogP contribution in [0, 0.1) is 0 Å². The highest BCUT2D eigenvalue weighted by Crippen LogP contribution is 2.34. The van der Waals surface area contributed by atoms with Gasteiger partial charge in [0.15, 0.2) is 11.5 Å². The van der Waals surface area contributed by atoms with Crippen LogP contribution in [0.25, 0.3) is 0 Å². The second-order valence-electron chi connectivity index (χ2n) is 3.68. The molecule has 8 heteroatoms. The molecule has 1 aromatic carbocycles. The maximum atomic E-state index is 5.37. The quantitative estimate of drug-likeness (QED) is 0.580. The summed E-state index contributed by atoms with van der Waals surface area (Å²) in [5, 5.41) is 0. The lowest BCUT2D eigenvalue weighted by Gasteiger charge is -2.12. The highest BCUT2D eigenvalue weighted by atomic mass is 35.5. The van der Waals surface area contributed by atoms with Crippen LogP contribution in [0.15, 0.2) is 12.1 Å². The van der Waals surface area contributed by atoms with Crippen molar-refractivity contribution < 1.29 is 9.47 Å². The van der Waals surface area contributed by atoms with Crippen LogP contribution in [0.1, 0.15) is 11.1 Å². The Bertz CT molecular complexity index is 358. The molecule has 1 aliphatic rings. The summed E-state index contributed by atoms with van der Waals surface area (Å²) in [5.74, 6) is 1.62. The third-order valence-electron chi connectivity index (χ3n) is 2.61. The van der Waals surface area contributed by atoms with Gasteiger partial charge in [0.25, 0.3) is 0 Å². The van der Waals surface area contributed by atoms with Crippen molar-refractivity contribution in [2.45, 2.75) is 13.1 Å². The summed E-state index contributed by atoms with van der Waals surface area (Å²) in [4.78, 5) is 0. The Morgan fingerprint density at radius 2 is 1.32 bits per heavy atom. The molecule has 0 saturated carbocycles. The van der Waals surface area contributed by atoms with Crippen LogP contribution in [0.3, 0.4) is 0 Å². The fraction of sp³-hybridized carbons (Fsp3) is 0.455. The summed E-state index contributed by atoms with van der Waals surface area (Å²) in [6.45, 7) is 1.76. The van der Waals surface area contributed by atoms with Crippen LogP contribution in [0.5, 0.6) is 11.5 Å². The number of ether oxygens (including phenoxy) is 2. The lowest BCUT2D eigenvalue weighted by Crippen LogP contribution is -2.29. The first-order valence-corrected chi connectivity index (χ1v) is 5.55. The van der Waals surface area contributed by atoms with Crippen LogP contribution in [0.2, 0.25) is 0 Å². The lowest BCUT2D eigenvalue weighted by molar-refractivity contribution is 0.174. The minimum absolute atomic E-state index is 0. The molecule has 0 aliphatic carbocycles. The van der Waals surface area contributed by atoms with Crippen molar-refractivity contribution in [1.29, 1.82) is 0 Å². The topological polar surface area (TPSA) is 66.6 Å². The first kappa shape index (κ1) is 18.2. The Balaban J connectivity index is 0.00000162. The molecule has 0 bridgehead atoms. The van der Waals surface area contributed by atoms with Gasteiger partial charge < -0.3 is 9.47 Å². The molecule has 0 saturated heterocycles. The van der Waals surface area contributed by atoms with Gasteiger partial charge in [-0.25, -0.2) is 0 Å². The van der Waals surface area contributed by atoms with Gasteiger partial charge in [0.05, 0.1) is 0 Å². The Morgan fingerprint density at radius 3 is 1.68 bits per heavy atom. The molecule has 0 radical (unpaired) electrons. The average molecular weight is 311 g/mol. The average Bonchev–Trinajstić information content (AvgIpc) is 2.80. The molecule has 1 aromatic rings. The minimum Gasteiger partial charge on any atom is -0.454 e. The van der Waals surface area contributed by atoms with E-state index in [9.17, 15) is 0 Å². The summed E-state index contributed by atoms with van der Waals surface area (Å²) in [6, 6.07) is 4.03. The molecule has 110 valence electrons. The summed E-state index contributed by atoms with van der Waals surface area (Å²) < 4.78 is 10.7. The fourth-order valence-electron chi connectivity index (χ4n) is 1.72. The summed E-state index contributed by atoms with van der Waals surface area (Å²) in [7, 11) is 3.69. The predicted molar refractivity (Wildman–Crippen MR) is 78.9 cm³/mol. The van der Waals surface area contributed by atoms with Crippen LogP contribution in [0.4, 0.5) is 0 Å². The van der Waals surface area contributed by atoms with Crippen LogP contribution in [-0.4, -0.2) is 20.9 Å². The molecule has 0 aromatic heterocycles. The first-order valence-electron chi connectivity index (χ1n) is 5.55. The number of hydrazine groups is 2. The van der Waals surface area contributed by atoms with Crippen molar-refractivity contribution in [1.82, 2.24) is 21.7 Å². The number of fused-ring (bicyclic) bond motifs is 1. The number of rotatable bonds is 6. The van der Waals surface area contributed by atoms with E-state index in [1.165, 1.54) is 11.1 Å². The normalized spacial score (nSPS) is 11.7. The van der Waals surface area contributed by atoms with E-state index in [0.717, 1.165) is 24.6 Å². The number of benzene rings is 1. The second kappa shape index (κ2) is 9.19. The molecule has 0 amide bonds. The van der Waals surface area contributed by atoms with E-state index in [1.54, 1.807) is 0 Å². The van der Waals surface area contributed by atoms with Gasteiger partial charge in [-0.15, -0.1) is 24.8 Å². The Hall–Kier alpha value is -0.760. The third kappa shape index (κ3) is 4.68. The zero-order chi connectivity index (χ0) is 12.1. The fourth-order valence-corrected chi connectivity index (χ4v) is 1.72. The van der Waals surface area contributed by atoms with Gasteiger partial charge in [-0.2, -0.15) is 0 Å². The van der Waals surface area contributed by atoms with E-state index >= 15 is 0 Å². The van der Waals surface area contributed by atoms with E-state index in [2.05, 4.69) is 21.7 Å². The van der Waals surface area contributed by atoms with Crippen molar-refractivity contribution in [2.24, 2.45) is 0 Å². The molecule has 0 spiro atoms. The second-order valence-corrected chi connectivity index (χ2v) is 3.68. The summed E-state index contributed by atoms with van der Waals surface area (Å²) in [6.07, 6.45) is 0. The standard InChI is InChI=1S/C11H18N4O2.2ClH/c1-12-14-5-8-3-10-11(17-7-16-10)4-9(8)6-15-13-2;;/h3-4,12-15H,5-7H2,1-2H3;2*1H. The van der Waals surface area contributed by atoms with E-state index < -0.39 is 0 Å². The number of hydrogen-bond donors (Lipinski definition) is 4. The molecule has 1 heterocycles. The molecule has 6 nitrogen and oxygen atoms in total. The zero-order valence-corrected chi connectivity index (χ0v) is 12.5. The Morgan fingerprint density at radius 1 is 0.895 bits per heavy atom. The van der Waals surface area contributed by atoms with Gasteiger partial charge in [0.2, 0.25) is 6.79 Å². The molecule has 2 rings (SSSR count). The van der Waals surface area contributed by atoms with Crippen molar-refractivity contribution in [2.75, 3.05) is 20.9 Å². The maximum absolute atomic E-state index is 5.37. The van der Waals surface area contributed by atoms with Crippen LogP contribution >= 0.6 is 24.8 Å². The maximum Gasteiger partial charge on any atom is 0.231 e. The molecule has 0 fully saturated rings. The largest absolute Gasteiger partial charge is 0.454 e. The SMILES string of the molecule is CNNCc1cc2c(cc1CNNC)OCO2.Cl.Cl. The van der Waals surface area contributed by atoms with Gasteiger partial charge in [-0.3, -0.25) is 21.7 Å². The monoisotopic (exact) mass is 310 g/mol. The number of nitrogens with one attached hydrogen (secondary N) is 4. The molecule has 1 aliphatic heterocycles. The van der Waals surface area contributed by atoms with Gasteiger partial charge in [-0.05, 0) is 37.4 Å². The summed E-state index contributed by atoms with van der Waals surface area (Å²) >= 11 is 0. The molecule has 0 unspecified atom stereocenters. The number of hydrogen-bond acceptors (Lipinski definition) is 6. The number of halogens is 2. The van der Waals surface area contributed by atoms with Crippen molar-refractivity contribution in [3.8, 4) is 11.5 Å². The van der Waals surface area contributed by atoms with Crippen LogP contribution in [-0.2, 0) is 13.1 Å². The molecule has 19 heavy (non-hydrogen) atoms. The summed E-state index contributed by atoms with van der Waals surface area (Å²) in [5.41, 5.74) is 14.3. The zero-order valence-electron chi connectivity index (χ0n) is 10.9. The Labute approximate surface area is 125 Å². The first-order chi connectivity index (χ1) is 8.35. The van der Waals surface area contributed by atoms with Crippen molar-refractivity contribution in [3.63, 3.8) is 0 Å². The highest BCUT2D eigenvalue weighted by Gasteiger charge is 2.16. The van der Waals surface area contributed by atoms with E-state index in [0.29, 0.717) is 6.79 Å². The van der Waals surface area contributed by atoms with Gasteiger partial charge in [0.1, 0.15) is 0 Å². The molecule has 4 N–H and O–H groups in total. The van der Waals surface area contributed by atoms with Crippen molar-refractivity contribution in [3.05, 3.63) is 23.3 Å². The predicted octanol–water partition coefficient (Wildman–Crippen LogP) is 0.707. The van der Waals surface area contributed by atoms with Crippen LogP contribution < -0.4 is 31.2 Å². The van der Waals surface area contributed by atoms with Gasteiger partial charge >= 0.3 is 0 Å².